The topological polar surface area (TPSA) is 119 Å². The Balaban J connectivity index is 1.29. The number of rotatable bonds is 4. The van der Waals surface area contributed by atoms with Gasteiger partial charge in [0, 0.05) is 54.6 Å². The number of halogens is 4. The van der Waals surface area contributed by atoms with Gasteiger partial charge in [-0.2, -0.15) is 13.2 Å². The second-order valence-corrected chi connectivity index (χ2v) is 10.4. The van der Waals surface area contributed by atoms with Crippen molar-refractivity contribution >= 4 is 34.8 Å². The van der Waals surface area contributed by atoms with Crippen LogP contribution in [0.15, 0.2) is 48.9 Å². The number of imidazole rings is 1. The predicted molar refractivity (Wildman–Crippen MR) is 143 cm³/mol. The van der Waals surface area contributed by atoms with E-state index in [1.165, 1.54) is 18.3 Å². The van der Waals surface area contributed by atoms with E-state index < -0.39 is 23.5 Å². The molecule has 0 unspecified atom stereocenters. The van der Waals surface area contributed by atoms with Crippen molar-refractivity contribution in [3.63, 3.8) is 0 Å². The maximum Gasteiger partial charge on any atom is 0.416 e. The number of amides is 1. The predicted octanol–water partition coefficient (Wildman–Crippen LogP) is 5.12. The third kappa shape index (κ3) is 4.74. The number of fused-ring (bicyclic) bond motifs is 1. The van der Waals surface area contributed by atoms with Gasteiger partial charge in [-0.1, -0.05) is 0 Å². The lowest BCUT2D eigenvalue weighted by Crippen LogP contribution is -2.42. The van der Waals surface area contributed by atoms with Crippen LogP contribution >= 0.6 is 0 Å². The maximum atomic E-state index is 15.5. The van der Waals surface area contributed by atoms with Crippen LogP contribution in [0.1, 0.15) is 48.0 Å². The van der Waals surface area contributed by atoms with E-state index in [-0.39, 0.29) is 33.9 Å². The molecule has 4 aromatic rings. The summed E-state index contributed by atoms with van der Waals surface area (Å²) in [6.07, 6.45) is 3.41. The lowest BCUT2D eigenvalue weighted by molar-refractivity contribution is -0.137. The van der Waals surface area contributed by atoms with Crippen LogP contribution < -0.4 is 16.0 Å². The summed E-state index contributed by atoms with van der Waals surface area (Å²) in [4.78, 5) is 39.9. The van der Waals surface area contributed by atoms with Crippen LogP contribution in [-0.2, 0) is 11.0 Å². The van der Waals surface area contributed by atoms with E-state index in [0.717, 1.165) is 44.0 Å². The number of nitrogens with two attached hydrogens (primary N) is 1. The molecule has 1 aliphatic carbocycles. The molecule has 9 nitrogen and oxygen atoms in total. The molecule has 41 heavy (non-hydrogen) atoms. The van der Waals surface area contributed by atoms with E-state index in [1.54, 1.807) is 10.6 Å². The van der Waals surface area contributed by atoms with Crippen molar-refractivity contribution in [3.8, 4) is 11.3 Å². The zero-order chi connectivity index (χ0) is 28.9. The van der Waals surface area contributed by atoms with E-state index in [0.29, 0.717) is 42.8 Å². The fourth-order valence-corrected chi connectivity index (χ4v) is 5.83. The average molecular weight is 568 g/mol. The smallest absolute Gasteiger partial charge is 0.382 e. The molecule has 3 N–H and O–H groups in total. The Kier molecular flexibility index (Phi) is 6.39. The Labute approximate surface area is 231 Å². The summed E-state index contributed by atoms with van der Waals surface area (Å²) in [6, 6.07) is 5.17. The van der Waals surface area contributed by atoms with Crippen molar-refractivity contribution in [1.82, 2.24) is 19.4 Å². The molecule has 0 atom stereocenters. The summed E-state index contributed by atoms with van der Waals surface area (Å²) in [5, 5.41) is 2.27. The molecule has 1 saturated heterocycles. The molecule has 1 aromatic carbocycles. The third-order valence-corrected chi connectivity index (χ3v) is 8.03. The number of Topliss-reactive ketones (excluding diaryl/α,β-unsaturated/α-hetero) is 1. The van der Waals surface area contributed by atoms with Crippen molar-refractivity contribution in [2.45, 2.75) is 38.3 Å². The zero-order valence-electron chi connectivity index (χ0n) is 21.7. The van der Waals surface area contributed by atoms with E-state index in [9.17, 15) is 22.8 Å². The van der Waals surface area contributed by atoms with Crippen LogP contribution in [-0.4, -0.2) is 44.1 Å². The highest BCUT2D eigenvalue weighted by Gasteiger charge is 2.44. The first kappa shape index (κ1) is 26.7. The quantitative estimate of drug-likeness (QED) is 0.329. The number of hydrogen-bond donors (Lipinski definition) is 2. The minimum atomic E-state index is -4.61. The molecule has 3 aromatic heterocycles. The molecule has 0 bridgehead atoms. The fourth-order valence-electron chi connectivity index (χ4n) is 5.83. The second-order valence-electron chi connectivity index (χ2n) is 10.4. The van der Waals surface area contributed by atoms with Crippen molar-refractivity contribution in [3.05, 3.63) is 65.9 Å². The van der Waals surface area contributed by atoms with Crippen molar-refractivity contribution in [2.24, 2.45) is 5.41 Å². The monoisotopic (exact) mass is 567 g/mol. The van der Waals surface area contributed by atoms with Crippen molar-refractivity contribution < 1.29 is 27.2 Å². The second kappa shape index (κ2) is 9.82. The Bertz CT molecular complexity index is 1680. The highest BCUT2D eigenvalue weighted by molar-refractivity contribution is 6.04. The molecule has 2 aliphatic rings. The highest BCUT2D eigenvalue weighted by Crippen LogP contribution is 2.44. The Hall–Kier alpha value is -4.55. The minimum absolute atomic E-state index is 0.0710. The standard InChI is InChI=1S/C28H25F4N7O2/c29-19-14-16(25(41)36-21-15-17(5-9-34-21)28(30,31)32)3-4-18(19)22-23-24(33)35-10-13-39(23)26(37-22)38-11-7-27(8-12-38)6-1-2-20(27)40/h3-5,9-10,13-15H,1-2,6-8,11-12H2,(H2,33,35)(H,34,36,41). The van der Waals surface area contributed by atoms with Gasteiger partial charge in [0.1, 0.15) is 34.4 Å². The molecule has 13 heteroatoms. The number of benzene rings is 1. The number of nitrogens with one attached hydrogen (secondary N) is 1. The van der Waals surface area contributed by atoms with Crippen LogP contribution in [0.3, 0.4) is 0 Å². The molecule has 4 heterocycles. The summed E-state index contributed by atoms with van der Waals surface area (Å²) in [5.41, 5.74) is 5.53. The Morgan fingerprint density at radius 2 is 1.83 bits per heavy atom. The maximum absolute atomic E-state index is 15.5. The Morgan fingerprint density at radius 3 is 2.51 bits per heavy atom. The molecule has 1 aliphatic heterocycles. The molecule has 1 amide bonds. The number of hydrogen-bond acceptors (Lipinski definition) is 7. The number of piperidine rings is 1. The first-order valence-corrected chi connectivity index (χ1v) is 13.1. The molecule has 1 spiro atoms. The van der Waals surface area contributed by atoms with Crippen LogP contribution in [0, 0.1) is 11.2 Å². The van der Waals surface area contributed by atoms with Crippen LogP contribution in [0.4, 0.5) is 35.1 Å². The number of nitrogens with zero attached hydrogens (tertiary/aromatic N) is 5. The number of nitrogen functional groups attached to an aromatic ring is 1. The summed E-state index contributed by atoms with van der Waals surface area (Å²) < 4.78 is 56.3. The van der Waals surface area contributed by atoms with Gasteiger partial charge in [-0.15, -0.1) is 0 Å². The Morgan fingerprint density at radius 1 is 1.05 bits per heavy atom. The lowest BCUT2D eigenvalue weighted by atomic mass is 9.76. The molecule has 212 valence electrons. The molecular formula is C28H25F4N7O2. The van der Waals surface area contributed by atoms with Gasteiger partial charge < -0.3 is 16.0 Å². The van der Waals surface area contributed by atoms with Crippen LogP contribution in [0.25, 0.3) is 16.8 Å². The van der Waals surface area contributed by atoms with Crippen molar-refractivity contribution in [1.29, 1.82) is 0 Å². The van der Waals surface area contributed by atoms with E-state index >= 15 is 4.39 Å². The summed E-state index contributed by atoms with van der Waals surface area (Å²) in [6.45, 7) is 1.22. The van der Waals surface area contributed by atoms with Crippen LogP contribution in [0.5, 0.6) is 0 Å². The number of anilines is 3. The normalized spacial score (nSPS) is 17.0. The number of alkyl halides is 3. The number of aromatic nitrogens is 4. The molecule has 0 radical (unpaired) electrons. The van der Waals surface area contributed by atoms with Crippen molar-refractivity contribution in [2.75, 3.05) is 29.0 Å². The van der Waals surface area contributed by atoms with Gasteiger partial charge in [-0.25, -0.2) is 19.3 Å². The first-order valence-electron chi connectivity index (χ1n) is 13.1. The van der Waals surface area contributed by atoms with E-state index in [1.807, 2.05) is 0 Å². The zero-order valence-corrected chi connectivity index (χ0v) is 21.7. The largest absolute Gasteiger partial charge is 0.416 e. The lowest BCUT2D eigenvalue weighted by Gasteiger charge is -2.38. The first-order chi connectivity index (χ1) is 19.6. The summed E-state index contributed by atoms with van der Waals surface area (Å²) >= 11 is 0. The van der Waals surface area contributed by atoms with Crippen LogP contribution in [0.2, 0.25) is 0 Å². The van der Waals surface area contributed by atoms with Gasteiger partial charge in [-0.3, -0.25) is 14.0 Å². The van der Waals surface area contributed by atoms with Gasteiger partial charge in [-0.05, 0) is 56.0 Å². The fraction of sp³-hybridized carbons (Fsp3) is 0.321. The molecule has 2 fully saturated rings. The van der Waals surface area contributed by atoms with E-state index in [2.05, 4.69) is 20.2 Å². The van der Waals surface area contributed by atoms with E-state index in [4.69, 9.17) is 10.7 Å². The highest BCUT2D eigenvalue weighted by atomic mass is 19.4. The molecule has 6 rings (SSSR count). The number of carbonyl (C=O) groups excluding carboxylic acids is 2. The number of pyridine rings is 1. The molecular weight excluding hydrogens is 542 g/mol. The average Bonchev–Trinajstić information content (AvgIpc) is 3.50. The van der Waals surface area contributed by atoms with Gasteiger partial charge in [0.2, 0.25) is 5.95 Å². The number of carbonyl (C=O) groups is 2. The molecule has 1 saturated carbocycles. The van der Waals surface area contributed by atoms with Gasteiger partial charge in [0.15, 0.2) is 0 Å². The van der Waals surface area contributed by atoms with Gasteiger partial charge >= 0.3 is 6.18 Å². The summed E-state index contributed by atoms with van der Waals surface area (Å²) in [5.74, 6) is -0.922. The minimum Gasteiger partial charge on any atom is -0.382 e. The third-order valence-electron chi connectivity index (χ3n) is 8.03. The van der Waals surface area contributed by atoms with Gasteiger partial charge in [0.25, 0.3) is 5.91 Å². The SMILES string of the molecule is Nc1nccn2c(N3CCC4(CCCC4=O)CC3)nc(-c3ccc(C(=O)Nc4cc(C(F)(F)F)ccn4)cc3F)c12. The summed E-state index contributed by atoms with van der Waals surface area (Å²) in [7, 11) is 0. The number of ketones is 1. The van der Waals surface area contributed by atoms with Gasteiger partial charge in [0.05, 0.1) is 5.56 Å².